The van der Waals surface area contributed by atoms with Gasteiger partial charge in [-0.3, -0.25) is 4.79 Å². The van der Waals surface area contributed by atoms with Crippen molar-refractivity contribution >= 4 is 12.3 Å². The van der Waals surface area contributed by atoms with Gasteiger partial charge in [-0.25, -0.2) is 4.79 Å². The van der Waals surface area contributed by atoms with Crippen molar-refractivity contribution in [2.24, 2.45) is 0 Å². The molecule has 0 N–H and O–H groups in total. The molecule has 0 atom stereocenters. The molecule has 0 saturated carbocycles. The molecule has 0 radical (unpaired) electrons. The molecule has 3 nitrogen and oxygen atoms in total. The molecule has 0 saturated heterocycles. The van der Waals surface area contributed by atoms with Gasteiger partial charge in [0.05, 0.1) is 6.61 Å². The van der Waals surface area contributed by atoms with Gasteiger partial charge in [0.25, 0.3) is 0 Å². The van der Waals surface area contributed by atoms with Crippen molar-refractivity contribution in [1.82, 2.24) is 0 Å². The Balaban J connectivity index is 2.48. The van der Waals surface area contributed by atoms with E-state index in [1.807, 2.05) is 12.1 Å². The highest BCUT2D eigenvalue weighted by molar-refractivity contribution is 5.81. The minimum absolute atomic E-state index is 0.327. The first-order valence-electron chi connectivity index (χ1n) is 5.13. The van der Waals surface area contributed by atoms with Gasteiger partial charge in [-0.2, -0.15) is 0 Å². The molecule has 0 aliphatic heterocycles. The molecule has 0 unspecified atom stereocenters. The second-order valence-corrected chi connectivity index (χ2v) is 3.22. The van der Waals surface area contributed by atoms with E-state index in [1.165, 1.54) is 6.08 Å². The summed E-state index contributed by atoms with van der Waals surface area (Å²) in [6, 6.07) is 7.22. The van der Waals surface area contributed by atoms with Crippen LogP contribution in [0.1, 0.15) is 22.8 Å². The van der Waals surface area contributed by atoms with E-state index in [1.54, 1.807) is 25.1 Å². The summed E-state index contributed by atoms with van der Waals surface area (Å²) in [5.74, 6) is -0.327. The number of ether oxygens (including phenoxy) is 1. The van der Waals surface area contributed by atoms with Crippen LogP contribution in [0.25, 0.3) is 0 Å². The summed E-state index contributed by atoms with van der Waals surface area (Å²) in [5, 5.41) is 0. The first kappa shape index (κ1) is 12.2. The molecule has 0 aromatic heterocycles. The number of rotatable bonds is 5. The molecular weight excluding hydrogens is 204 g/mol. The van der Waals surface area contributed by atoms with E-state index in [0.717, 1.165) is 11.8 Å². The monoisotopic (exact) mass is 218 g/mol. The maximum Gasteiger partial charge on any atom is 0.330 e. The molecular formula is C13H14O3. The van der Waals surface area contributed by atoms with E-state index in [9.17, 15) is 9.59 Å². The Hall–Kier alpha value is -1.90. The Kier molecular flexibility index (Phi) is 4.99. The number of carbonyl (C=O) groups is 2. The van der Waals surface area contributed by atoms with Crippen LogP contribution in [0.2, 0.25) is 0 Å². The first-order valence-corrected chi connectivity index (χ1v) is 5.13. The van der Waals surface area contributed by atoms with Crippen molar-refractivity contribution in [1.29, 1.82) is 0 Å². The smallest absolute Gasteiger partial charge is 0.330 e. The molecule has 0 bridgehead atoms. The first-order chi connectivity index (χ1) is 7.76. The van der Waals surface area contributed by atoms with Crippen molar-refractivity contribution in [2.45, 2.75) is 13.3 Å². The lowest BCUT2D eigenvalue weighted by Gasteiger charge is -1.97. The molecule has 3 heteroatoms. The largest absolute Gasteiger partial charge is 0.463 e. The minimum atomic E-state index is -0.327. The summed E-state index contributed by atoms with van der Waals surface area (Å²) in [6.45, 7) is 2.15. The number of carbonyl (C=O) groups excluding carboxylic acids is 2. The Morgan fingerprint density at radius 1 is 1.31 bits per heavy atom. The Morgan fingerprint density at radius 3 is 2.56 bits per heavy atom. The van der Waals surface area contributed by atoms with Gasteiger partial charge in [0.1, 0.15) is 6.29 Å². The lowest BCUT2D eigenvalue weighted by Crippen LogP contribution is -1.99. The van der Waals surface area contributed by atoms with Crippen molar-refractivity contribution in [3.63, 3.8) is 0 Å². The number of hydrogen-bond acceptors (Lipinski definition) is 3. The zero-order chi connectivity index (χ0) is 11.8. The van der Waals surface area contributed by atoms with Gasteiger partial charge in [0, 0.05) is 11.6 Å². The van der Waals surface area contributed by atoms with E-state index in [2.05, 4.69) is 0 Å². The van der Waals surface area contributed by atoms with E-state index in [-0.39, 0.29) is 5.97 Å². The zero-order valence-corrected chi connectivity index (χ0v) is 9.18. The van der Waals surface area contributed by atoms with Crippen LogP contribution in [-0.2, 0) is 16.0 Å². The van der Waals surface area contributed by atoms with Crippen molar-refractivity contribution in [2.75, 3.05) is 6.61 Å². The van der Waals surface area contributed by atoms with E-state index >= 15 is 0 Å². The molecule has 0 aliphatic rings. The molecule has 16 heavy (non-hydrogen) atoms. The second-order valence-electron chi connectivity index (χ2n) is 3.22. The number of aldehydes is 1. The van der Waals surface area contributed by atoms with Crippen molar-refractivity contribution in [3.05, 3.63) is 47.5 Å². The fourth-order valence-electron chi connectivity index (χ4n) is 1.21. The predicted octanol–water partition coefficient (Wildman–Crippen LogP) is 2.16. The van der Waals surface area contributed by atoms with E-state index < -0.39 is 0 Å². The van der Waals surface area contributed by atoms with Gasteiger partial charge in [0.15, 0.2) is 0 Å². The van der Waals surface area contributed by atoms with Gasteiger partial charge in [-0.05, 0) is 18.9 Å². The summed E-state index contributed by atoms with van der Waals surface area (Å²) >= 11 is 0. The Morgan fingerprint density at radius 2 is 2.00 bits per heavy atom. The SMILES string of the molecule is CCOC(=O)C=CCc1ccc(C=O)cc1. The number of hydrogen-bond donors (Lipinski definition) is 0. The standard InChI is InChI=1S/C13H14O3/c1-2-16-13(15)5-3-4-11-6-8-12(10-14)9-7-11/h3,5-10H,2,4H2,1H3. The van der Waals surface area contributed by atoms with Crippen LogP contribution in [0.5, 0.6) is 0 Å². The highest BCUT2D eigenvalue weighted by atomic mass is 16.5. The third kappa shape index (κ3) is 4.09. The van der Waals surface area contributed by atoms with Crippen LogP contribution in [0, 0.1) is 0 Å². The van der Waals surface area contributed by atoms with Crippen molar-refractivity contribution < 1.29 is 14.3 Å². The van der Waals surface area contributed by atoms with Gasteiger partial charge in [-0.1, -0.05) is 30.3 Å². The molecule has 0 heterocycles. The molecule has 1 aromatic carbocycles. The Labute approximate surface area is 94.7 Å². The third-order valence-corrected chi connectivity index (χ3v) is 2.01. The molecule has 1 rings (SSSR count). The minimum Gasteiger partial charge on any atom is -0.463 e. The fraction of sp³-hybridized carbons (Fsp3) is 0.231. The predicted molar refractivity (Wildman–Crippen MR) is 61.3 cm³/mol. The van der Waals surface area contributed by atoms with Gasteiger partial charge in [-0.15, -0.1) is 0 Å². The van der Waals surface area contributed by atoms with E-state index in [4.69, 9.17) is 4.74 Å². The topological polar surface area (TPSA) is 43.4 Å². The lowest BCUT2D eigenvalue weighted by molar-refractivity contribution is -0.137. The Bertz CT molecular complexity index is 377. The summed E-state index contributed by atoms with van der Waals surface area (Å²) in [6.07, 6.45) is 4.61. The fourth-order valence-corrected chi connectivity index (χ4v) is 1.21. The third-order valence-electron chi connectivity index (χ3n) is 2.01. The number of esters is 1. The van der Waals surface area contributed by atoms with Gasteiger partial charge >= 0.3 is 5.97 Å². The quantitative estimate of drug-likeness (QED) is 0.432. The van der Waals surface area contributed by atoms with Crippen LogP contribution in [0.3, 0.4) is 0 Å². The molecule has 84 valence electrons. The molecule has 0 spiro atoms. The van der Waals surface area contributed by atoms with E-state index in [0.29, 0.717) is 18.6 Å². The van der Waals surface area contributed by atoms with Crippen LogP contribution in [0.4, 0.5) is 0 Å². The summed E-state index contributed by atoms with van der Waals surface area (Å²) in [4.78, 5) is 21.4. The second kappa shape index (κ2) is 6.56. The van der Waals surface area contributed by atoms with Crippen LogP contribution in [-0.4, -0.2) is 18.9 Å². The summed E-state index contributed by atoms with van der Waals surface area (Å²) in [5.41, 5.74) is 1.70. The zero-order valence-electron chi connectivity index (χ0n) is 9.18. The van der Waals surface area contributed by atoms with Crippen LogP contribution >= 0.6 is 0 Å². The van der Waals surface area contributed by atoms with Crippen molar-refractivity contribution in [3.8, 4) is 0 Å². The van der Waals surface area contributed by atoms with Gasteiger partial charge < -0.3 is 4.74 Å². The highest BCUT2D eigenvalue weighted by Crippen LogP contribution is 2.03. The average molecular weight is 218 g/mol. The maximum atomic E-state index is 11.0. The molecule has 0 amide bonds. The molecule has 1 aromatic rings. The van der Waals surface area contributed by atoms with Crippen LogP contribution in [0.15, 0.2) is 36.4 Å². The number of benzene rings is 1. The average Bonchev–Trinajstić information content (AvgIpc) is 2.30. The summed E-state index contributed by atoms with van der Waals surface area (Å²) < 4.78 is 4.74. The molecule has 0 fully saturated rings. The maximum absolute atomic E-state index is 11.0. The molecule has 0 aliphatic carbocycles. The number of allylic oxidation sites excluding steroid dienone is 1. The summed E-state index contributed by atoms with van der Waals surface area (Å²) in [7, 11) is 0. The normalized spacial score (nSPS) is 10.3. The lowest BCUT2D eigenvalue weighted by atomic mass is 10.1. The highest BCUT2D eigenvalue weighted by Gasteiger charge is 1.94. The van der Waals surface area contributed by atoms with Crippen LogP contribution < -0.4 is 0 Å². The van der Waals surface area contributed by atoms with Gasteiger partial charge in [0.2, 0.25) is 0 Å².